The number of aryl methyl sites for hydroxylation is 1. The zero-order chi connectivity index (χ0) is 20.8. The molecular weight excluding hydrogens is 368 g/mol. The van der Waals surface area contributed by atoms with Crippen molar-refractivity contribution < 1.29 is 14.3 Å². The standard InChI is InChI=1S/C22H28N4O3/c1-4-16-10-8-9-13-26(16)20-14-19(23-15(3)24-20)21(27)25-18-12-7-6-11-17(18)22(28)29-5-2/h6-7,11-12,14,16H,4-5,8-10,13H2,1-3H3,(H,25,27). The molecule has 1 aromatic carbocycles. The molecule has 1 aromatic heterocycles. The van der Waals surface area contributed by atoms with Gasteiger partial charge < -0.3 is 15.0 Å². The molecular formula is C22H28N4O3. The zero-order valence-corrected chi connectivity index (χ0v) is 17.3. The number of nitrogens with zero attached hydrogens (tertiary/aromatic N) is 3. The Kier molecular flexibility index (Phi) is 6.80. The second kappa shape index (κ2) is 9.49. The minimum absolute atomic E-state index is 0.268. The number of carbonyl (C=O) groups is 2. The van der Waals surface area contributed by atoms with Crippen LogP contribution in [0.4, 0.5) is 11.5 Å². The van der Waals surface area contributed by atoms with E-state index in [4.69, 9.17) is 4.74 Å². The van der Waals surface area contributed by atoms with Gasteiger partial charge in [-0.25, -0.2) is 14.8 Å². The second-order valence-corrected chi connectivity index (χ2v) is 7.13. The quantitative estimate of drug-likeness (QED) is 0.744. The molecule has 2 heterocycles. The number of amides is 1. The highest BCUT2D eigenvalue weighted by atomic mass is 16.5. The Labute approximate surface area is 171 Å². The van der Waals surface area contributed by atoms with Crippen molar-refractivity contribution in [3.8, 4) is 0 Å². The molecule has 0 spiro atoms. The van der Waals surface area contributed by atoms with E-state index in [2.05, 4.69) is 27.1 Å². The molecule has 0 aliphatic carbocycles. The van der Waals surface area contributed by atoms with Crippen LogP contribution in [0.3, 0.4) is 0 Å². The minimum Gasteiger partial charge on any atom is -0.462 e. The number of esters is 1. The van der Waals surface area contributed by atoms with E-state index in [1.807, 2.05) is 0 Å². The predicted octanol–water partition coefficient (Wildman–Crippen LogP) is 3.98. The molecule has 1 saturated heterocycles. The first kappa shape index (κ1) is 20.8. The second-order valence-electron chi connectivity index (χ2n) is 7.13. The van der Waals surface area contributed by atoms with Crippen LogP contribution in [0.25, 0.3) is 0 Å². The van der Waals surface area contributed by atoms with Gasteiger partial charge in [-0.05, 0) is 51.7 Å². The molecule has 1 N–H and O–H groups in total. The Morgan fingerprint density at radius 2 is 2.00 bits per heavy atom. The highest BCUT2D eigenvalue weighted by molar-refractivity contribution is 6.07. The molecule has 0 radical (unpaired) electrons. The third-order valence-corrected chi connectivity index (χ3v) is 5.12. The van der Waals surface area contributed by atoms with Crippen molar-refractivity contribution in [3.63, 3.8) is 0 Å². The molecule has 3 rings (SSSR count). The first-order valence-corrected chi connectivity index (χ1v) is 10.2. The topological polar surface area (TPSA) is 84.4 Å². The summed E-state index contributed by atoms with van der Waals surface area (Å²) < 4.78 is 5.08. The smallest absolute Gasteiger partial charge is 0.340 e. The van der Waals surface area contributed by atoms with E-state index in [1.165, 1.54) is 6.42 Å². The molecule has 2 aromatic rings. The molecule has 0 bridgehead atoms. The largest absolute Gasteiger partial charge is 0.462 e. The average molecular weight is 396 g/mol. The van der Waals surface area contributed by atoms with Gasteiger partial charge in [0.05, 0.1) is 17.9 Å². The molecule has 0 saturated carbocycles. The van der Waals surface area contributed by atoms with E-state index in [9.17, 15) is 9.59 Å². The predicted molar refractivity (Wildman–Crippen MR) is 112 cm³/mol. The van der Waals surface area contributed by atoms with Crippen LogP contribution in [-0.2, 0) is 4.74 Å². The number of benzene rings is 1. The van der Waals surface area contributed by atoms with Crippen molar-refractivity contribution in [2.75, 3.05) is 23.4 Å². The number of hydrogen-bond acceptors (Lipinski definition) is 6. The maximum absolute atomic E-state index is 12.9. The summed E-state index contributed by atoms with van der Waals surface area (Å²) in [5.41, 5.74) is 1.00. The lowest BCUT2D eigenvalue weighted by Gasteiger charge is -2.36. The van der Waals surface area contributed by atoms with Crippen molar-refractivity contribution in [1.82, 2.24) is 9.97 Å². The third kappa shape index (κ3) is 4.91. The van der Waals surface area contributed by atoms with Gasteiger partial charge in [0, 0.05) is 18.7 Å². The summed E-state index contributed by atoms with van der Waals surface area (Å²) in [6.45, 7) is 6.91. The number of ether oxygens (including phenoxy) is 1. The Morgan fingerprint density at radius 3 is 2.76 bits per heavy atom. The lowest BCUT2D eigenvalue weighted by molar-refractivity contribution is 0.0527. The van der Waals surface area contributed by atoms with E-state index in [1.54, 1.807) is 44.2 Å². The zero-order valence-electron chi connectivity index (χ0n) is 17.3. The van der Waals surface area contributed by atoms with Crippen LogP contribution in [0.1, 0.15) is 66.2 Å². The molecule has 1 aliphatic rings. The fraction of sp³-hybridized carbons (Fsp3) is 0.455. The van der Waals surface area contributed by atoms with E-state index < -0.39 is 5.97 Å². The summed E-state index contributed by atoms with van der Waals surface area (Å²) in [5.74, 6) is 0.486. The van der Waals surface area contributed by atoms with Gasteiger partial charge in [0.25, 0.3) is 5.91 Å². The molecule has 7 nitrogen and oxygen atoms in total. The number of para-hydroxylation sites is 1. The SMILES string of the molecule is CCOC(=O)c1ccccc1NC(=O)c1cc(N2CCCCC2CC)nc(C)n1. The van der Waals surface area contributed by atoms with Crippen LogP contribution in [0, 0.1) is 6.92 Å². The normalized spacial score (nSPS) is 16.4. The highest BCUT2D eigenvalue weighted by Gasteiger charge is 2.24. The van der Waals surface area contributed by atoms with Gasteiger partial charge in [0.1, 0.15) is 17.3 Å². The summed E-state index contributed by atoms with van der Waals surface area (Å²) in [7, 11) is 0. The van der Waals surface area contributed by atoms with Crippen molar-refractivity contribution in [3.05, 3.63) is 47.4 Å². The summed E-state index contributed by atoms with van der Waals surface area (Å²) in [5, 5.41) is 2.80. The lowest BCUT2D eigenvalue weighted by Crippen LogP contribution is -2.40. The maximum atomic E-state index is 12.9. The fourth-order valence-corrected chi connectivity index (χ4v) is 3.71. The molecule has 1 unspecified atom stereocenters. The molecule has 1 aliphatic heterocycles. The highest BCUT2D eigenvalue weighted by Crippen LogP contribution is 2.26. The molecule has 29 heavy (non-hydrogen) atoms. The van der Waals surface area contributed by atoms with Crippen molar-refractivity contribution in [1.29, 1.82) is 0 Å². The summed E-state index contributed by atoms with van der Waals surface area (Å²) in [6, 6.07) is 8.97. The number of nitrogens with one attached hydrogen (secondary N) is 1. The average Bonchev–Trinajstić information content (AvgIpc) is 2.73. The van der Waals surface area contributed by atoms with E-state index >= 15 is 0 Å². The molecule has 1 fully saturated rings. The third-order valence-electron chi connectivity index (χ3n) is 5.12. The number of hydrogen-bond donors (Lipinski definition) is 1. The number of anilines is 2. The number of piperidine rings is 1. The first-order valence-electron chi connectivity index (χ1n) is 10.2. The first-order chi connectivity index (χ1) is 14.0. The van der Waals surface area contributed by atoms with Crippen LogP contribution < -0.4 is 10.2 Å². The van der Waals surface area contributed by atoms with Crippen LogP contribution in [0.5, 0.6) is 0 Å². The van der Waals surface area contributed by atoms with Gasteiger partial charge in [0.15, 0.2) is 0 Å². The van der Waals surface area contributed by atoms with Gasteiger partial charge in [-0.2, -0.15) is 0 Å². The van der Waals surface area contributed by atoms with Crippen LogP contribution in [0.15, 0.2) is 30.3 Å². The summed E-state index contributed by atoms with van der Waals surface area (Å²) in [4.78, 5) is 36.3. The van der Waals surface area contributed by atoms with E-state index in [0.717, 1.165) is 31.6 Å². The number of aromatic nitrogens is 2. The lowest BCUT2D eigenvalue weighted by atomic mass is 10.00. The fourth-order valence-electron chi connectivity index (χ4n) is 3.71. The van der Waals surface area contributed by atoms with Gasteiger partial charge in [-0.3, -0.25) is 4.79 Å². The summed E-state index contributed by atoms with van der Waals surface area (Å²) in [6.07, 6.45) is 4.51. The number of carbonyl (C=O) groups excluding carboxylic acids is 2. The van der Waals surface area contributed by atoms with Crippen LogP contribution >= 0.6 is 0 Å². The van der Waals surface area contributed by atoms with Crippen molar-refractivity contribution in [2.45, 2.75) is 52.5 Å². The summed E-state index contributed by atoms with van der Waals surface area (Å²) >= 11 is 0. The van der Waals surface area contributed by atoms with Gasteiger partial charge >= 0.3 is 5.97 Å². The molecule has 1 amide bonds. The Morgan fingerprint density at radius 1 is 1.21 bits per heavy atom. The Hall–Kier alpha value is -2.96. The molecule has 7 heteroatoms. The van der Waals surface area contributed by atoms with Gasteiger partial charge in [-0.1, -0.05) is 19.1 Å². The minimum atomic E-state index is -0.470. The Bertz CT molecular complexity index is 884. The molecule has 1 atom stereocenters. The van der Waals surface area contributed by atoms with Crippen molar-refractivity contribution in [2.24, 2.45) is 0 Å². The van der Waals surface area contributed by atoms with Crippen LogP contribution in [0.2, 0.25) is 0 Å². The maximum Gasteiger partial charge on any atom is 0.340 e. The number of rotatable bonds is 6. The van der Waals surface area contributed by atoms with Gasteiger partial charge in [0.2, 0.25) is 0 Å². The molecule has 154 valence electrons. The van der Waals surface area contributed by atoms with E-state index in [0.29, 0.717) is 23.1 Å². The monoisotopic (exact) mass is 396 g/mol. The van der Waals surface area contributed by atoms with E-state index in [-0.39, 0.29) is 18.2 Å². The Balaban J connectivity index is 1.85. The van der Waals surface area contributed by atoms with Crippen molar-refractivity contribution >= 4 is 23.4 Å². The van der Waals surface area contributed by atoms with Crippen LogP contribution in [-0.4, -0.2) is 41.0 Å². The van der Waals surface area contributed by atoms with Gasteiger partial charge in [-0.15, -0.1) is 0 Å².